The molecule has 4 heteroatoms. The standard InChI is InChI=1S/C8H13N3S/c1-6-7(2-3-9)10-8-11(6)4-5-12-8/h2-5,9H2,1H3. The molecule has 0 aromatic carbocycles. The molecule has 0 aliphatic carbocycles. The maximum Gasteiger partial charge on any atom is 0.168 e. The van der Waals surface area contributed by atoms with E-state index in [0.717, 1.165) is 13.0 Å². The van der Waals surface area contributed by atoms with Crippen molar-refractivity contribution in [1.82, 2.24) is 9.55 Å². The third-order valence-corrected chi connectivity index (χ3v) is 3.17. The lowest BCUT2D eigenvalue weighted by Crippen LogP contribution is -2.05. The fourth-order valence-electron chi connectivity index (χ4n) is 1.53. The second-order valence-electron chi connectivity index (χ2n) is 2.97. The lowest BCUT2D eigenvalue weighted by atomic mass is 10.2. The predicted molar refractivity (Wildman–Crippen MR) is 50.4 cm³/mol. The fraction of sp³-hybridized carbons (Fsp3) is 0.625. The van der Waals surface area contributed by atoms with E-state index in [1.165, 1.54) is 22.3 Å². The Morgan fingerprint density at radius 1 is 1.67 bits per heavy atom. The van der Waals surface area contributed by atoms with Crippen LogP contribution >= 0.6 is 11.8 Å². The molecule has 0 saturated heterocycles. The van der Waals surface area contributed by atoms with E-state index in [0.29, 0.717) is 6.54 Å². The van der Waals surface area contributed by atoms with Gasteiger partial charge in [-0.05, 0) is 13.5 Å². The van der Waals surface area contributed by atoms with Gasteiger partial charge in [0.15, 0.2) is 5.16 Å². The third kappa shape index (κ3) is 1.15. The van der Waals surface area contributed by atoms with E-state index in [1.54, 1.807) is 0 Å². The fourth-order valence-corrected chi connectivity index (χ4v) is 2.55. The number of aromatic nitrogens is 2. The smallest absolute Gasteiger partial charge is 0.168 e. The summed E-state index contributed by atoms with van der Waals surface area (Å²) in [6, 6.07) is 0. The van der Waals surface area contributed by atoms with Crippen LogP contribution in [-0.4, -0.2) is 21.8 Å². The van der Waals surface area contributed by atoms with Gasteiger partial charge < -0.3 is 10.3 Å². The topological polar surface area (TPSA) is 43.8 Å². The molecule has 0 saturated carbocycles. The average molecular weight is 183 g/mol. The number of thioether (sulfide) groups is 1. The van der Waals surface area contributed by atoms with Gasteiger partial charge >= 0.3 is 0 Å². The molecule has 0 radical (unpaired) electrons. The lowest BCUT2D eigenvalue weighted by Gasteiger charge is -1.99. The van der Waals surface area contributed by atoms with Crippen LogP contribution in [0.3, 0.4) is 0 Å². The van der Waals surface area contributed by atoms with E-state index in [-0.39, 0.29) is 0 Å². The molecule has 0 amide bonds. The molecule has 2 N–H and O–H groups in total. The van der Waals surface area contributed by atoms with Crippen LogP contribution in [0.5, 0.6) is 0 Å². The van der Waals surface area contributed by atoms with Crippen molar-refractivity contribution in [1.29, 1.82) is 0 Å². The average Bonchev–Trinajstić information content (AvgIpc) is 2.58. The molecule has 0 atom stereocenters. The van der Waals surface area contributed by atoms with Crippen molar-refractivity contribution < 1.29 is 0 Å². The molecule has 1 aromatic rings. The van der Waals surface area contributed by atoms with Crippen LogP contribution in [0.2, 0.25) is 0 Å². The molecule has 0 fully saturated rings. The highest BCUT2D eigenvalue weighted by molar-refractivity contribution is 7.99. The third-order valence-electron chi connectivity index (χ3n) is 2.21. The van der Waals surface area contributed by atoms with Crippen molar-refractivity contribution >= 4 is 11.8 Å². The Bertz CT molecular complexity index is 293. The first-order valence-electron chi connectivity index (χ1n) is 4.22. The van der Waals surface area contributed by atoms with Gasteiger partial charge in [0.05, 0.1) is 5.69 Å². The summed E-state index contributed by atoms with van der Waals surface area (Å²) in [7, 11) is 0. The molecule has 66 valence electrons. The number of rotatable bonds is 2. The van der Waals surface area contributed by atoms with Crippen LogP contribution in [0, 0.1) is 6.92 Å². The SMILES string of the molecule is Cc1c(CCN)nc2n1CCS2. The monoisotopic (exact) mass is 183 g/mol. The van der Waals surface area contributed by atoms with E-state index in [2.05, 4.69) is 16.5 Å². The summed E-state index contributed by atoms with van der Waals surface area (Å²) < 4.78 is 2.29. The maximum atomic E-state index is 5.49. The van der Waals surface area contributed by atoms with Crippen molar-refractivity contribution in [3.63, 3.8) is 0 Å². The van der Waals surface area contributed by atoms with Crippen LogP contribution in [-0.2, 0) is 13.0 Å². The molecule has 1 aromatic heterocycles. The number of fused-ring (bicyclic) bond motifs is 1. The zero-order chi connectivity index (χ0) is 8.55. The van der Waals surface area contributed by atoms with Gasteiger partial charge in [-0.15, -0.1) is 0 Å². The van der Waals surface area contributed by atoms with Crippen LogP contribution in [0.25, 0.3) is 0 Å². The Labute approximate surface area is 76.4 Å². The number of nitrogens with two attached hydrogens (primary N) is 1. The largest absolute Gasteiger partial charge is 0.330 e. The van der Waals surface area contributed by atoms with E-state index in [9.17, 15) is 0 Å². The Hall–Kier alpha value is -0.480. The van der Waals surface area contributed by atoms with Crippen molar-refractivity contribution in [2.75, 3.05) is 12.3 Å². The van der Waals surface area contributed by atoms with Crippen LogP contribution in [0.4, 0.5) is 0 Å². The van der Waals surface area contributed by atoms with Crippen LogP contribution < -0.4 is 5.73 Å². The van der Waals surface area contributed by atoms with Crippen molar-refractivity contribution in [2.45, 2.75) is 25.0 Å². The summed E-state index contributed by atoms with van der Waals surface area (Å²) in [5, 5.41) is 1.18. The van der Waals surface area contributed by atoms with Gasteiger partial charge in [-0.3, -0.25) is 0 Å². The molecule has 0 unspecified atom stereocenters. The maximum absolute atomic E-state index is 5.49. The summed E-state index contributed by atoms with van der Waals surface area (Å²) in [4.78, 5) is 4.53. The van der Waals surface area contributed by atoms with Crippen LogP contribution in [0.1, 0.15) is 11.4 Å². The summed E-state index contributed by atoms with van der Waals surface area (Å²) in [5.41, 5.74) is 7.98. The normalized spacial score (nSPS) is 15.2. The Morgan fingerprint density at radius 2 is 2.50 bits per heavy atom. The summed E-state index contributed by atoms with van der Waals surface area (Å²) in [5.74, 6) is 1.17. The van der Waals surface area contributed by atoms with E-state index >= 15 is 0 Å². The van der Waals surface area contributed by atoms with E-state index < -0.39 is 0 Å². The molecule has 12 heavy (non-hydrogen) atoms. The molecule has 0 spiro atoms. The van der Waals surface area contributed by atoms with Gasteiger partial charge in [0.25, 0.3) is 0 Å². The quantitative estimate of drug-likeness (QED) is 0.737. The highest BCUT2D eigenvalue weighted by Crippen LogP contribution is 2.27. The minimum Gasteiger partial charge on any atom is -0.330 e. The van der Waals surface area contributed by atoms with Gasteiger partial charge in [0, 0.05) is 24.4 Å². The van der Waals surface area contributed by atoms with Crippen molar-refractivity contribution in [3.8, 4) is 0 Å². The molecule has 3 nitrogen and oxygen atoms in total. The molecular weight excluding hydrogens is 170 g/mol. The summed E-state index contributed by atoms with van der Waals surface area (Å²) >= 11 is 1.84. The Morgan fingerprint density at radius 3 is 3.17 bits per heavy atom. The number of imidazole rings is 1. The predicted octanol–water partition coefficient (Wildman–Crippen LogP) is 0.798. The molecule has 1 aliphatic rings. The highest BCUT2D eigenvalue weighted by atomic mass is 32.2. The van der Waals surface area contributed by atoms with Crippen molar-refractivity contribution in [3.05, 3.63) is 11.4 Å². The number of nitrogens with zero attached hydrogens (tertiary/aromatic N) is 2. The Balaban J connectivity index is 2.34. The first-order valence-corrected chi connectivity index (χ1v) is 5.20. The Kier molecular flexibility index (Phi) is 2.11. The first-order chi connectivity index (χ1) is 5.83. The minimum atomic E-state index is 0.696. The highest BCUT2D eigenvalue weighted by Gasteiger charge is 2.17. The molecular formula is C8H13N3S. The number of hydrogen-bond acceptors (Lipinski definition) is 3. The second-order valence-corrected chi connectivity index (χ2v) is 4.03. The zero-order valence-electron chi connectivity index (χ0n) is 7.21. The number of hydrogen-bond donors (Lipinski definition) is 1. The zero-order valence-corrected chi connectivity index (χ0v) is 8.02. The first kappa shape index (κ1) is 8.13. The van der Waals surface area contributed by atoms with Gasteiger partial charge in [-0.1, -0.05) is 11.8 Å². The molecule has 2 heterocycles. The van der Waals surface area contributed by atoms with Crippen LogP contribution in [0.15, 0.2) is 5.16 Å². The lowest BCUT2D eigenvalue weighted by molar-refractivity contribution is 0.698. The summed E-state index contributed by atoms with van der Waals surface area (Å²) in [6.45, 7) is 3.94. The van der Waals surface area contributed by atoms with Gasteiger partial charge in [-0.2, -0.15) is 0 Å². The second kappa shape index (κ2) is 3.11. The van der Waals surface area contributed by atoms with Crippen molar-refractivity contribution in [2.24, 2.45) is 5.73 Å². The van der Waals surface area contributed by atoms with Gasteiger partial charge in [0.2, 0.25) is 0 Å². The van der Waals surface area contributed by atoms with E-state index in [4.69, 9.17) is 5.73 Å². The van der Waals surface area contributed by atoms with E-state index in [1.807, 2.05) is 11.8 Å². The molecule has 2 rings (SSSR count). The molecule has 0 bridgehead atoms. The van der Waals surface area contributed by atoms with Gasteiger partial charge in [0.1, 0.15) is 0 Å². The minimum absolute atomic E-state index is 0.696. The van der Waals surface area contributed by atoms with Gasteiger partial charge in [-0.25, -0.2) is 4.98 Å². The summed E-state index contributed by atoms with van der Waals surface area (Å²) in [6.07, 6.45) is 0.909. The molecule has 1 aliphatic heterocycles.